The van der Waals surface area contributed by atoms with Gasteiger partial charge < -0.3 is 74.8 Å². The van der Waals surface area contributed by atoms with Gasteiger partial charge in [-0.1, -0.05) is 84.0 Å². The standard InChI is InChI=1S/C43H58N4O12.C27H36N2O4/c1-21-12-11-13-22(2)42(55)45-33-28(20-44-47-17-15-46(9)16-18-47)37(52)30-31(38(33)53)36(51)26(6)40-32(30)41(54)43(8,59-40)57-19-14-29(56-10)23(3)39(58-27(7)48)25(5)35(50)24(4)34(21)49;1-4-33-25-17-20(12-13-22(25)27(31)32)18-26(30)28-23(16-19(2)3)21-10-6-7-11-24(21)29-14-8-5-9-15-29/h11-14,19-21,23-25,29,34-35,39,49-53H,15-18H2,1-10H3,(H,45,55);6-7,10-13,17,19,23H,4-5,8-9,14-16,18H2,1-3H3,(H,28,30)(H,31,32)/b12-11+,19-14+,22-13-,44-20+;/t21-,23+,24+,25+,29-,34-,35+,39+,43-;23-/m00/s1. The number of phenols is 3. The molecule has 0 spiro atoms. The number of ether oxygens (including phenoxy) is 5. The third-order valence-corrected chi connectivity index (χ3v) is 17.9. The van der Waals surface area contributed by atoms with Gasteiger partial charge in [-0.2, -0.15) is 5.10 Å². The SMILES string of the molecule is CCOc1cc(CC(=O)N[C@@H](CC(C)C)c2ccccc2N2CCCCC2)ccc1C(=O)O.CO[C@H]1/C=C/O[C@@]2(C)Oc3c(C)c(O)c4c(O)c(c(/C=N/N5CCN(C)CC5)c(O)c4c3C2=O)NC(=O)/C(C)=C\C=C\[C@H](C)[C@H](O)[C@@H](C)[C@@H](O)[C@@H](C)[C@H](OC(C)=O)[C@@H]1C. The van der Waals surface area contributed by atoms with Crippen molar-refractivity contribution in [3.8, 4) is 28.7 Å². The fraction of sp³-hybridized carbons (Fsp3) is 0.514. The summed E-state index contributed by atoms with van der Waals surface area (Å²) < 4.78 is 29.1. The second kappa shape index (κ2) is 31.4. The lowest BCUT2D eigenvalue weighted by atomic mass is 9.78. The maximum Gasteiger partial charge on any atom is 0.339 e. The molecule has 0 aromatic heterocycles. The van der Waals surface area contributed by atoms with Gasteiger partial charge in [0.25, 0.3) is 11.7 Å². The molecule has 10 atom stereocenters. The minimum absolute atomic E-state index is 0.0559. The highest BCUT2D eigenvalue weighted by molar-refractivity contribution is 6.24. The van der Waals surface area contributed by atoms with Gasteiger partial charge in [0.05, 0.1) is 72.1 Å². The summed E-state index contributed by atoms with van der Waals surface area (Å²) in [6, 6.07) is 13.2. The number of para-hydroxylation sites is 1. The number of aromatic hydroxyl groups is 3. The van der Waals surface area contributed by atoms with E-state index in [9.17, 15) is 54.6 Å². The third-order valence-electron chi connectivity index (χ3n) is 17.9. The van der Waals surface area contributed by atoms with Gasteiger partial charge >= 0.3 is 17.7 Å². The number of fused-ring (bicyclic) bond motifs is 14. The van der Waals surface area contributed by atoms with Crippen LogP contribution in [-0.4, -0.2) is 167 Å². The summed E-state index contributed by atoms with van der Waals surface area (Å²) in [5, 5.41) is 79.5. The number of aliphatic hydroxyl groups excluding tert-OH is 2. The van der Waals surface area contributed by atoms with Gasteiger partial charge in [-0.25, -0.2) is 4.79 Å². The van der Waals surface area contributed by atoms with Crippen molar-refractivity contribution in [3.05, 3.63) is 112 Å². The molecule has 0 radical (unpaired) electrons. The molecule has 92 heavy (non-hydrogen) atoms. The highest BCUT2D eigenvalue weighted by Gasteiger charge is 2.50. The number of carbonyl (C=O) groups is 5. The molecule has 5 aliphatic heterocycles. The Kier molecular flexibility index (Phi) is 24.3. The van der Waals surface area contributed by atoms with Crippen molar-refractivity contribution in [1.29, 1.82) is 0 Å². The number of carboxylic acids is 1. The summed E-state index contributed by atoms with van der Waals surface area (Å²) in [5.41, 5.74) is 2.87. The first kappa shape index (κ1) is 71.3. The summed E-state index contributed by atoms with van der Waals surface area (Å²) in [7, 11) is 3.42. The van der Waals surface area contributed by atoms with Crippen molar-refractivity contribution >= 4 is 57.9 Å². The molecule has 22 nitrogen and oxygen atoms in total. The van der Waals surface area contributed by atoms with Crippen LogP contribution in [0.5, 0.6) is 28.7 Å². The van der Waals surface area contributed by atoms with Crippen LogP contribution in [0.25, 0.3) is 10.8 Å². The molecule has 5 bridgehead atoms. The lowest BCUT2D eigenvalue weighted by molar-refractivity contribution is -0.160. The summed E-state index contributed by atoms with van der Waals surface area (Å²) in [6.45, 7) is 23.7. The summed E-state index contributed by atoms with van der Waals surface area (Å²) in [4.78, 5) is 69.6. The molecule has 5 aliphatic rings. The van der Waals surface area contributed by atoms with E-state index in [2.05, 4.69) is 57.6 Å². The number of likely N-dealkylation sites (N-methyl/N-ethyl adjacent to an activating group) is 1. The monoisotopic (exact) mass is 1270 g/mol. The van der Waals surface area contributed by atoms with Crippen molar-refractivity contribution < 1.29 is 78.3 Å². The smallest absolute Gasteiger partial charge is 0.339 e. The number of piperidine rings is 1. The molecule has 0 saturated carbocycles. The molecule has 5 heterocycles. The Morgan fingerprint density at radius 2 is 1.57 bits per heavy atom. The Morgan fingerprint density at radius 3 is 2.21 bits per heavy atom. The van der Waals surface area contributed by atoms with Gasteiger partial charge in [-0.15, -0.1) is 0 Å². The third kappa shape index (κ3) is 16.5. The molecule has 8 N–H and O–H groups in total. The zero-order chi connectivity index (χ0) is 67.5. The maximum atomic E-state index is 14.4. The average Bonchev–Trinajstić information content (AvgIpc) is 1.46. The number of aliphatic hydroxyl groups is 2. The second-order valence-electron chi connectivity index (χ2n) is 25.2. The number of methoxy groups -OCH3 is 1. The minimum atomic E-state index is -2.04. The number of rotatable bonds is 14. The number of ketones is 1. The number of amides is 2. The van der Waals surface area contributed by atoms with Crippen LogP contribution in [0.2, 0.25) is 0 Å². The van der Waals surface area contributed by atoms with Crippen LogP contribution in [0.1, 0.15) is 144 Å². The van der Waals surface area contributed by atoms with Crippen LogP contribution in [0.15, 0.2) is 83.7 Å². The number of piperazine rings is 1. The predicted octanol–water partition coefficient (Wildman–Crippen LogP) is 9.56. The number of benzene rings is 4. The topological polar surface area (TPSA) is 299 Å². The lowest BCUT2D eigenvalue weighted by Crippen LogP contribution is -2.46. The second-order valence-corrected chi connectivity index (χ2v) is 25.2. The van der Waals surface area contributed by atoms with Gasteiger partial charge in [0.1, 0.15) is 34.7 Å². The predicted molar refractivity (Wildman–Crippen MR) is 352 cm³/mol. The summed E-state index contributed by atoms with van der Waals surface area (Å²) >= 11 is 0. The van der Waals surface area contributed by atoms with E-state index in [0.717, 1.165) is 43.7 Å². The fourth-order valence-corrected chi connectivity index (χ4v) is 12.4. The molecule has 9 rings (SSSR count). The van der Waals surface area contributed by atoms with Crippen molar-refractivity contribution in [2.45, 2.75) is 145 Å². The zero-order valence-electron chi connectivity index (χ0n) is 55.3. The van der Waals surface area contributed by atoms with E-state index < -0.39 is 94.8 Å². The van der Waals surface area contributed by atoms with E-state index in [1.807, 2.05) is 13.1 Å². The first-order chi connectivity index (χ1) is 43.6. The number of anilines is 2. The highest BCUT2D eigenvalue weighted by atomic mass is 16.7. The van der Waals surface area contributed by atoms with Crippen molar-refractivity contribution in [2.75, 3.05) is 70.2 Å². The summed E-state index contributed by atoms with van der Waals surface area (Å²) in [5.74, 6) is -8.75. The number of carboxylic acid groups (broad SMARTS) is 1. The molecule has 22 heteroatoms. The van der Waals surface area contributed by atoms with E-state index in [4.69, 9.17) is 23.7 Å². The Morgan fingerprint density at radius 1 is 0.880 bits per heavy atom. The van der Waals surface area contributed by atoms with E-state index in [1.165, 1.54) is 90.4 Å². The Labute approximate surface area is 539 Å². The Bertz CT molecular complexity index is 3440. The highest BCUT2D eigenvalue weighted by Crippen LogP contribution is 2.55. The number of hydrogen-bond acceptors (Lipinski definition) is 19. The lowest BCUT2D eigenvalue weighted by Gasteiger charge is -2.38. The number of allylic oxidation sites excluding steroid dienone is 2. The Balaban J connectivity index is 0.000000307. The van der Waals surface area contributed by atoms with E-state index in [-0.39, 0.29) is 68.4 Å². The molecular weight excluding hydrogens is 1180 g/mol. The van der Waals surface area contributed by atoms with Crippen LogP contribution < -0.4 is 25.0 Å². The summed E-state index contributed by atoms with van der Waals surface area (Å²) in [6.07, 6.45) is 9.54. The molecule has 2 amide bonds. The number of nitrogens with one attached hydrogen (secondary N) is 2. The van der Waals surface area contributed by atoms with E-state index >= 15 is 0 Å². The fourth-order valence-electron chi connectivity index (χ4n) is 12.4. The first-order valence-electron chi connectivity index (χ1n) is 31.8. The van der Waals surface area contributed by atoms with Gasteiger partial charge in [-0.05, 0) is 94.8 Å². The van der Waals surface area contributed by atoms with E-state index in [0.29, 0.717) is 31.4 Å². The molecule has 500 valence electrons. The van der Waals surface area contributed by atoms with Gasteiger partial charge in [0.2, 0.25) is 5.91 Å². The van der Waals surface area contributed by atoms with Crippen molar-refractivity contribution in [1.82, 2.24) is 15.2 Å². The number of nitrogens with zero attached hydrogens (tertiary/aromatic N) is 4. The van der Waals surface area contributed by atoms with Gasteiger partial charge in [0.15, 0.2) is 5.75 Å². The molecule has 2 saturated heterocycles. The van der Waals surface area contributed by atoms with Gasteiger partial charge in [-0.3, -0.25) is 24.2 Å². The largest absolute Gasteiger partial charge is 0.507 e. The van der Waals surface area contributed by atoms with Crippen LogP contribution in [0.3, 0.4) is 0 Å². The Hall–Kier alpha value is -8.18. The average molecular weight is 1280 g/mol. The first-order valence-corrected chi connectivity index (χ1v) is 31.8. The van der Waals surface area contributed by atoms with Crippen molar-refractivity contribution in [2.24, 2.45) is 34.7 Å². The van der Waals surface area contributed by atoms with Crippen LogP contribution in [-0.2, 0) is 35.0 Å². The minimum Gasteiger partial charge on any atom is -0.507 e. The number of carbonyl (C=O) groups excluding carboxylic acids is 4. The normalized spacial score (nSPS) is 25.8. The van der Waals surface area contributed by atoms with Crippen molar-refractivity contribution in [3.63, 3.8) is 0 Å². The quantitative estimate of drug-likeness (QED) is 0.0252. The van der Waals surface area contributed by atoms with Crippen LogP contribution in [0, 0.1) is 36.5 Å². The van der Waals surface area contributed by atoms with Gasteiger partial charge in [0, 0.05) is 106 Å². The maximum absolute atomic E-state index is 14.4. The number of phenolic OH excluding ortho intramolecular Hbond substituents is 3. The number of hydrazone groups is 1. The number of esters is 1. The van der Waals surface area contributed by atoms with Crippen LogP contribution >= 0.6 is 0 Å². The molecule has 2 fully saturated rings. The molecular formula is C70H94N6O16. The number of hydrogen-bond donors (Lipinski definition) is 8. The number of aromatic carboxylic acids is 1. The molecule has 0 aliphatic carbocycles. The van der Waals surface area contributed by atoms with E-state index in [1.54, 1.807) is 63.9 Å². The molecule has 4 aromatic rings. The molecule has 4 aromatic carbocycles. The molecule has 0 unspecified atom stereocenters. The van der Waals surface area contributed by atoms with Crippen LogP contribution in [0.4, 0.5) is 11.4 Å². The number of Topliss-reactive ketones (excluding diaryl/α,β-unsaturated/α-hetero) is 1. The zero-order valence-corrected chi connectivity index (χ0v) is 55.3.